The maximum Gasteiger partial charge on any atom is 0.417 e. The van der Waals surface area contributed by atoms with Gasteiger partial charge in [-0.05, 0) is 35.8 Å². The van der Waals surface area contributed by atoms with Gasteiger partial charge in [0.25, 0.3) is 5.91 Å². The van der Waals surface area contributed by atoms with E-state index in [1.165, 1.54) is 46.2 Å². The van der Waals surface area contributed by atoms with Gasteiger partial charge in [-0.15, -0.1) is 0 Å². The minimum atomic E-state index is -4.55. The molecule has 0 spiro atoms. The molecule has 0 radical (unpaired) electrons. The van der Waals surface area contributed by atoms with E-state index in [-0.39, 0.29) is 52.8 Å². The Morgan fingerprint density at radius 2 is 2.00 bits per heavy atom. The molecule has 0 aliphatic carbocycles. The van der Waals surface area contributed by atoms with Crippen LogP contribution >= 0.6 is 11.6 Å². The Balaban J connectivity index is 1.95. The predicted octanol–water partition coefficient (Wildman–Crippen LogP) is 5.03. The second-order valence-electron chi connectivity index (χ2n) is 7.66. The van der Waals surface area contributed by atoms with Crippen molar-refractivity contribution >= 4 is 29.1 Å². The van der Waals surface area contributed by atoms with Crippen molar-refractivity contribution in [3.63, 3.8) is 0 Å². The molecule has 2 aromatic carbocycles. The Morgan fingerprint density at radius 3 is 2.66 bits per heavy atom. The number of ether oxygens (including phenoxy) is 1. The summed E-state index contributed by atoms with van der Waals surface area (Å²) in [5, 5.41) is 0.0651. The molecule has 2 amide bonds. The van der Waals surface area contributed by atoms with Crippen LogP contribution in [0.1, 0.15) is 12.5 Å². The summed E-state index contributed by atoms with van der Waals surface area (Å²) in [6.45, 7) is 5.75. The van der Waals surface area contributed by atoms with Gasteiger partial charge in [0.2, 0.25) is 5.91 Å². The number of likely N-dealkylation sites (N-methyl/N-ethyl adjacent to an activating group) is 1. The van der Waals surface area contributed by atoms with Crippen LogP contribution in [0.2, 0.25) is 5.02 Å². The van der Waals surface area contributed by atoms with Crippen molar-refractivity contribution in [3.8, 4) is 16.9 Å². The van der Waals surface area contributed by atoms with E-state index in [4.69, 9.17) is 16.3 Å². The van der Waals surface area contributed by atoms with E-state index in [2.05, 4.69) is 6.58 Å². The first kappa shape index (κ1) is 23.7. The number of rotatable bonds is 6. The summed E-state index contributed by atoms with van der Waals surface area (Å²) in [7, 11) is 1.64. The number of nitrogens with zero attached hydrogens (tertiary/aromatic N) is 2. The molecule has 5 nitrogen and oxygen atoms in total. The molecule has 0 saturated heterocycles. The van der Waals surface area contributed by atoms with Crippen molar-refractivity contribution in [1.82, 2.24) is 4.90 Å². The van der Waals surface area contributed by atoms with Gasteiger partial charge in [-0.1, -0.05) is 43.3 Å². The minimum absolute atomic E-state index is 0.0651. The van der Waals surface area contributed by atoms with Crippen LogP contribution in [0.15, 0.2) is 49.1 Å². The average Bonchev–Trinajstić information content (AvgIpc) is 2.74. The first-order valence-electron chi connectivity index (χ1n) is 9.83. The molecule has 0 fully saturated rings. The third-order valence-corrected chi connectivity index (χ3v) is 5.46. The quantitative estimate of drug-likeness (QED) is 0.561. The van der Waals surface area contributed by atoms with Gasteiger partial charge in [-0.3, -0.25) is 9.59 Å². The van der Waals surface area contributed by atoms with Gasteiger partial charge < -0.3 is 14.5 Å². The van der Waals surface area contributed by atoms with E-state index in [0.29, 0.717) is 12.2 Å². The zero-order valence-electron chi connectivity index (χ0n) is 17.6. The van der Waals surface area contributed by atoms with Crippen molar-refractivity contribution < 1.29 is 27.5 Å². The van der Waals surface area contributed by atoms with Crippen molar-refractivity contribution in [2.24, 2.45) is 5.92 Å². The highest BCUT2D eigenvalue weighted by Crippen LogP contribution is 2.44. The molecule has 9 heteroatoms. The lowest BCUT2D eigenvalue weighted by atomic mass is 9.98. The van der Waals surface area contributed by atoms with E-state index < -0.39 is 11.7 Å². The summed E-state index contributed by atoms with van der Waals surface area (Å²) in [5.74, 6) is -0.366. The number of amides is 2. The summed E-state index contributed by atoms with van der Waals surface area (Å²) < 4.78 is 46.0. The molecule has 2 aromatic rings. The fraction of sp³-hybridized carbons (Fsp3) is 0.304. The fourth-order valence-electron chi connectivity index (χ4n) is 3.68. The Bertz CT molecular complexity index is 1060. The Labute approximate surface area is 189 Å². The molecule has 170 valence electrons. The number of alkyl halides is 3. The highest BCUT2D eigenvalue weighted by atomic mass is 35.5. The average molecular weight is 467 g/mol. The van der Waals surface area contributed by atoms with Crippen molar-refractivity contribution in [3.05, 3.63) is 59.6 Å². The summed E-state index contributed by atoms with van der Waals surface area (Å²) in [4.78, 5) is 27.2. The molecule has 0 N–H and O–H groups in total. The standard InChI is InChI=1S/C23H22ClF3N2O3/c1-4-21(30)28(3)11-14(2)12-29-19-10-18(24)16(9-20(19)32-13-22(29)31)15-7-5-6-8-17(15)23(25,26)27/h4-10,14H,1,11-13H2,2-3H3. The summed E-state index contributed by atoms with van der Waals surface area (Å²) in [5.41, 5.74) is -0.340. The summed E-state index contributed by atoms with van der Waals surface area (Å²) in [6.07, 6.45) is -3.34. The fourth-order valence-corrected chi connectivity index (χ4v) is 3.94. The van der Waals surface area contributed by atoms with Crippen LogP contribution in [0, 0.1) is 5.92 Å². The van der Waals surface area contributed by atoms with E-state index in [0.717, 1.165) is 6.07 Å². The molecule has 0 bridgehead atoms. The lowest BCUT2D eigenvalue weighted by Gasteiger charge is -2.33. The topological polar surface area (TPSA) is 49.9 Å². The van der Waals surface area contributed by atoms with E-state index in [9.17, 15) is 22.8 Å². The molecule has 3 rings (SSSR count). The number of halogens is 4. The molecule has 1 heterocycles. The van der Waals surface area contributed by atoms with E-state index >= 15 is 0 Å². The lowest BCUT2D eigenvalue weighted by Crippen LogP contribution is -2.43. The SMILES string of the molecule is C=CC(=O)N(C)CC(C)CN1C(=O)COc2cc(-c3ccccc3C(F)(F)F)c(Cl)cc21. The minimum Gasteiger partial charge on any atom is -0.482 e. The third kappa shape index (κ3) is 4.91. The number of hydrogen-bond donors (Lipinski definition) is 0. The predicted molar refractivity (Wildman–Crippen MR) is 117 cm³/mol. The molecule has 1 aliphatic rings. The van der Waals surface area contributed by atoms with E-state index in [1.807, 2.05) is 6.92 Å². The van der Waals surface area contributed by atoms with Crippen LogP contribution in [-0.4, -0.2) is 43.5 Å². The second-order valence-corrected chi connectivity index (χ2v) is 8.07. The third-order valence-electron chi connectivity index (χ3n) is 5.14. The van der Waals surface area contributed by atoms with Gasteiger partial charge in [0.15, 0.2) is 6.61 Å². The van der Waals surface area contributed by atoms with Gasteiger partial charge in [-0.2, -0.15) is 13.2 Å². The molecule has 1 atom stereocenters. The zero-order chi connectivity index (χ0) is 23.6. The first-order chi connectivity index (χ1) is 15.0. The van der Waals surface area contributed by atoms with Crippen LogP contribution in [0.5, 0.6) is 5.75 Å². The van der Waals surface area contributed by atoms with Crippen molar-refractivity contribution in [2.45, 2.75) is 13.1 Å². The van der Waals surface area contributed by atoms with Gasteiger partial charge in [0, 0.05) is 25.7 Å². The molecular weight excluding hydrogens is 445 g/mol. The van der Waals surface area contributed by atoms with E-state index in [1.54, 1.807) is 7.05 Å². The smallest absolute Gasteiger partial charge is 0.417 e. The molecule has 1 unspecified atom stereocenters. The molecule has 0 saturated carbocycles. The maximum atomic E-state index is 13.5. The highest BCUT2D eigenvalue weighted by Gasteiger charge is 2.35. The molecule has 0 aromatic heterocycles. The monoisotopic (exact) mass is 466 g/mol. The van der Waals surface area contributed by atoms with Crippen LogP contribution in [0.4, 0.5) is 18.9 Å². The van der Waals surface area contributed by atoms with Gasteiger partial charge in [0.1, 0.15) is 5.75 Å². The zero-order valence-corrected chi connectivity index (χ0v) is 18.3. The second kappa shape index (κ2) is 9.24. The van der Waals surface area contributed by atoms with Gasteiger partial charge in [0.05, 0.1) is 16.3 Å². The van der Waals surface area contributed by atoms with Crippen LogP contribution in [-0.2, 0) is 15.8 Å². The summed E-state index contributed by atoms with van der Waals surface area (Å²) in [6, 6.07) is 8.02. The number of fused-ring (bicyclic) bond motifs is 1. The van der Waals surface area contributed by atoms with Crippen LogP contribution in [0.25, 0.3) is 11.1 Å². The number of benzene rings is 2. The maximum absolute atomic E-state index is 13.5. The lowest BCUT2D eigenvalue weighted by molar-refractivity contribution is -0.137. The first-order valence-corrected chi connectivity index (χ1v) is 10.2. The number of anilines is 1. The Kier molecular flexibility index (Phi) is 6.83. The summed E-state index contributed by atoms with van der Waals surface area (Å²) >= 11 is 6.39. The Hall–Kier alpha value is -3.00. The number of hydrogen-bond acceptors (Lipinski definition) is 3. The molecular formula is C23H22ClF3N2O3. The normalized spacial score (nSPS) is 14.4. The van der Waals surface area contributed by atoms with Crippen molar-refractivity contribution in [2.75, 3.05) is 31.6 Å². The largest absolute Gasteiger partial charge is 0.482 e. The van der Waals surface area contributed by atoms with Crippen molar-refractivity contribution in [1.29, 1.82) is 0 Å². The highest BCUT2D eigenvalue weighted by molar-refractivity contribution is 6.34. The molecule has 1 aliphatic heterocycles. The Morgan fingerprint density at radius 1 is 1.31 bits per heavy atom. The molecule has 32 heavy (non-hydrogen) atoms. The van der Waals surface area contributed by atoms with Crippen LogP contribution in [0.3, 0.4) is 0 Å². The number of carbonyl (C=O) groups is 2. The number of carbonyl (C=O) groups excluding carboxylic acids is 2. The van der Waals surface area contributed by atoms with Gasteiger partial charge in [-0.25, -0.2) is 0 Å². The van der Waals surface area contributed by atoms with Gasteiger partial charge >= 0.3 is 6.18 Å². The van der Waals surface area contributed by atoms with Crippen LogP contribution < -0.4 is 9.64 Å².